The Bertz CT molecular complexity index is 379. The molecule has 0 saturated carbocycles. The molecule has 14 nitrogen and oxygen atoms in total. The number of aliphatic carboxylic acids is 1. The van der Waals surface area contributed by atoms with Gasteiger partial charge in [-0.05, 0) is 19.5 Å². The van der Waals surface area contributed by atoms with E-state index in [4.69, 9.17) is 64.5 Å². The van der Waals surface area contributed by atoms with E-state index in [0.717, 1.165) is 6.54 Å². The van der Waals surface area contributed by atoms with E-state index in [1.54, 1.807) is 0 Å². The van der Waals surface area contributed by atoms with Crippen molar-refractivity contribution in [2.75, 3.05) is 13.1 Å². The molecule has 0 aliphatic carbocycles. The lowest BCUT2D eigenvalue weighted by atomic mass is 10.3. The molecule has 30 heavy (non-hydrogen) atoms. The van der Waals surface area contributed by atoms with Gasteiger partial charge >= 0.3 is 36.7 Å². The Labute approximate surface area is 173 Å². The monoisotopic (exact) mass is 440 g/mol. The third-order valence-corrected chi connectivity index (χ3v) is 1.30. The van der Waals surface area contributed by atoms with Crippen LogP contribution in [0.25, 0.3) is 0 Å². The normalized spacial score (nSPS) is 5.37. The van der Waals surface area contributed by atoms with Gasteiger partial charge in [0, 0.05) is 6.42 Å². The van der Waals surface area contributed by atoms with Crippen molar-refractivity contribution in [1.82, 2.24) is 0 Å². The van der Waals surface area contributed by atoms with E-state index >= 15 is 0 Å². The van der Waals surface area contributed by atoms with Gasteiger partial charge in [-0.3, -0.25) is 4.79 Å². The Balaban J connectivity index is -0.0000000317. The number of nitrogens with two attached hydrogens (primary N) is 2. The van der Waals surface area contributed by atoms with E-state index in [-0.39, 0.29) is 37.2 Å². The lowest BCUT2D eigenvalue weighted by Crippen LogP contribution is -2.02. The number of hydrogen-bond donors (Lipinski definition) is 3. The highest BCUT2D eigenvalue weighted by atomic mass is 16.4. The Morgan fingerprint density at radius 3 is 0.867 bits per heavy atom. The zero-order valence-electron chi connectivity index (χ0n) is 17.0. The molecule has 14 heteroatoms. The van der Waals surface area contributed by atoms with Gasteiger partial charge in [0.2, 0.25) is 0 Å². The molecule has 5 N–H and O–H groups in total. The average Bonchev–Trinajstić information content (AvgIpc) is 2.65. The number of hydrogen-bond acceptors (Lipinski definition) is 13. The lowest BCUT2D eigenvalue weighted by molar-refractivity contribution is -0.193. The van der Waals surface area contributed by atoms with E-state index in [9.17, 15) is 4.79 Å². The van der Waals surface area contributed by atoms with Crippen LogP contribution in [-0.4, -0.2) is 54.9 Å². The van der Waals surface area contributed by atoms with Crippen molar-refractivity contribution < 1.29 is 57.8 Å². The fourth-order valence-corrected chi connectivity index (χ4v) is 0.607. The first-order valence-electron chi connectivity index (χ1n) is 7.76. The van der Waals surface area contributed by atoms with Crippen LogP contribution in [0.15, 0.2) is 0 Å². The molecule has 0 atom stereocenters. The summed E-state index contributed by atoms with van der Waals surface area (Å²) in [6.07, 6.45) is 6.10. The van der Waals surface area contributed by atoms with Gasteiger partial charge in [-0.15, -0.1) is 0 Å². The molecule has 0 unspecified atom stereocenters. The smallest absolute Gasteiger partial charge is 0.373 e. The molecule has 174 valence electrons. The second-order valence-corrected chi connectivity index (χ2v) is 3.46. The van der Waals surface area contributed by atoms with Gasteiger partial charge in [-0.25, -0.2) is 0 Å². The summed E-state index contributed by atoms with van der Waals surface area (Å²) in [5, 5.41) is 7.99. The van der Waals surface area contributed by atoms with Crippen molar-refractivity contribution in [3.05, 3.63) is 0 Å². The van der Waals surface area contributed by atoms with Crippen LogP contribution in [0.3, 0.4) is 0 Å². The van der Waals surface area contributed by atoms with Crippen molar-refractivity contribution in [3.8, 4) is 0 Å². The quantitative estimate of drug-likeness (QED) is 0.465. The highest BCUT2D eigenvalue weighted by Crippen LogP contribution is 1.88. The summed E-state index contributed by atoms with van der Waals surface area (Å²) in [5.74, 6) is -0.773. The molecule has 0 heterocycles. The van der Waals surface area contributed by atoms with Crippen LogP contribution < -0.4 is 11.5 Å². The number of carboxylic acids is 1. The molecule has 0 aromatic carbocycles. The van der Waals surface area contributed by atoms with E-state index < -0.39 is 5.97 Å². The van der Waals surface area contributed by atoms with Gasteiger partial charge < -0.3 is 16.6 Å². The second kappa shape index (κ2) is 117. The molecule has 0 radical (unpaired) electrons. The van der Waals surface area contributed by atoms with Gasteiger partial charge in [0.25, 0.3) is 0 Å². The molecule has 0 fully saturated rings. The predicted molar refractivity (Wildman–Crippen MR) is 90.9 cm³/mol. The fourth-order valence-electron chi connectivity index (χ4n) is 0.607. The summed E-state index contributed by atoms with van der Waals surface area (Å²) in [6, 6.07) is 0. The maximum atomic E-state index is 9.70. The highest BCUT2D eigenvalue weighted by Gasteiger charge is 1.91. The van der Waals surface area contributed by atoms with Crippen LogP contribution in [0.2, 0.25) is 0 Å². The zero-order chi connectivity index (χ0) is 26.1. The summed E-state index contributed by atoms with van der Waals surface area (Å²) in [6.45, 7) is 7.54. The van der Waals surface area contributed by atoms with Crippen LogP contribution in [0.4, 0.5) is 0 Å². The van der Waals surface area contributed by atoms with Crippen molar-refractivity contribution in [1.29, 1.82) is 0 Å². The first-order chi connectivity index (χ1) is 14.2. The van der Waals surface area contributed by atoms with E-state index in [2.05, 4.69) is 13.8 Å². The highest BCUT2D eigenvalue weighted by molar-refractivity contribution is 5.66. The van der Waals surface area contributed by atoms with Crippen LogP contribution in [0.5, 0.6) is 0 Å². The standard InChI is InChI=1S/C5H12.C4H9NO2.C2H7N.5CO2/c1-3-5-4-2;5-3-1-2-4(6)7;1-2-3;5*2-1-3/h3-5H2,1-2H3;1-3,5H2,(H,6,7);2-3H2,1H3;;;;;. The third-order valence-electron chi connectivity index (χ3n) is 1.30. The molecule has 0 saturated heterocycles. The first-order valence-corrected chi connectivity index (χ1v) is 7.76. The molecule has 0 aliphatic heterocycles. The maximum absolute atomic E-state index is 9.70. The number of carbonyl (C=O) groups excluding carboxylic acids is 10. The van der Waals surface area contributed by atoms with E-state index in [0.29, 0.717) is 13.0 Å². The third kappa shape index (κ3) is 2510. The Morgan fingerprint density at radius 2 is 0.833 bits per heavy atom. The second-order valence-electron chi connectivity index (χ2n) is 3.46. The molecular weight excluding hydrogens is 412 g/mol. The van der Waals surface area contributed by atoms with Crippen molar-refractivity contribution >= 4 is 36.7 Å². The summed E-state index contributed by atoms with van der Waals surface area (Å²) in [5.41, 5.74) is 9.86. The minimum atomic E-state index is -0.773. The van der Waals surface area contributed by atoms with Crippen LogP contribution >= 0.6 is 0 Å². The SMILES string of the molecule is CCCCC.CCN.NCCCC(=O)O.O=C=O.O=C=O.O=C=O.O=C=O.O=C=O. The Kier molecular flexibility index (Phi) is 196. The Hall–Kier alpha value is -3.71. The average molecular weight is 440 g/mol. The summed E-state index contributed by atoms with van der Waals surface area (Å²) >= 11 is 0. The molecule has 0 spiro atoms. The summed E-state index contributed by atoms with van der Waals surface area (Å²) < 4.78 is 0. The predicted octanol–water partition coefficient (Wildman–Crippen LogP) is -0.946. The number of unbranched alkanes of at least 4 members (excludes halogenated alkanes) is 2. The van der Waals surface area contributed by atoms with E-state index in [1.807, 2.05) is 6.92 Å². The first kappa shape index (κ1) is 50.3. The van der Waals surface area contributed by atoms with E-state index in [1.165, 1.54) is 19.3 Å². The van der Waals surface area contributed by atoms with Gasteiger partial charge in [0.15, 0.2) is 0 Å². The number of carboxylic acid groups (broad SMARTS) is 1. The van der Waals surface area contributed by atoms with Crippen molar-refractivity contribution in [3.63, 3.8) is 0 Å². The van der Waals surface area contributed by atoms with Crippen LogP contribution in [0.1, 0.15) is 52.9 Å². The van der Waals surface area contributed by atoms with Gasteiger partial charge in [-0.1, -0.05) is 40.0 Å². The lowest BCUT2D eigenvalue weighted by Gasteiger charge is -1.86. The minimum absolute atomic E-state index is 0.191. The molecule has 0 aliphatic rings. The van der Waals surface area contributed by atoms with Crippen LogP contribution in [0, 0.1) is 0 Å². The number of carbonyl (C=O) groups is 1. The number of rotatable bonds is 5. The zero-order valence-corrected chi connectivity index (χ0v) is 17.0. The molecular formula is C16H28N2O12. The Morgan fingerprint density at radius 1 is 0.633 bits per heavy atom. The van der Waals surface area contributed by atoms with Crippen molar-refractivity contribution in [2.45, 2.75) is 52.9 Å². The molecule has 0 amide bonds. The van der Waals surface area contributed by atoms with Crippen molar-refractivity contribution in [2.24, 2.45) is 11.5 Å². The maximum Gasteiger partial charge on any atom is 0.373 e. The van der Waals surface area contributed by atoms with Gasteiger partial charge in [0.1, 0.15) is 0 Å². The molecule has 0 aromatic heterocycles. The van der Waals surface area contributed by atoms with Gasteiger partial charge in [-0.2, -0.15) is 47.9 Å². The topological polar surface area (TPSA) is 260 Å². The fraction of sp³-hybridized carbons (Fsp3) is 0.625. The molecule has 0 aromatic rings. The summed E-state index contributed by atoms with van der Waals surface area (Å²) in [7, 11) is 0. The summed E-state index contributed by atoms with van der Waals surface area (Å²) in [4.78, 5) is 91.0. The largest absolute Gasteiger partial charge is 0.481 e. The molecule has 0 rings (SSSR count). The van der Waals surface area contributed by atoms with Crippen LogP contribution in [-0.2, 0) is 52.7 Å². The molecule has 0 bridgehead atoms. The minimum Gasteiger partial charge on any atom is -0.481 e. The van der Waals surface area contributed by atoms with Gasteiger partial charge in [0.05, 0.1) is 0 Å².